The summed E-state index contributed by atoms with van der Waals surface area (Å²) in [6.07, 6.45) is 2.51. The monoisotopic (exact) mass is 491 g/mol. The van der Waals surface area contributed by atoms with E-state index in [1.165, 1.54) is 0 Å². The first-order valence-corrected chi connectivity index (χ1v) is 11.6. The van der Waals surface area contributed by atoms with Crippen molar-refractivity contribution in [2.45, 2.75) is 20.0 Å². The first kappa shape index (κ1) is 24.2. The van der Waals surface area contributed by atoms with Gasteiger partial charge in [-0.3, -0.25) is 4.98 Å². The molecule has 35 heavy (non-hydrogen) atoms. The number of anilines is 1. The molecule has 0 saturated carbocycles. The molecule has 3 aromatic carbocycles. The van der Waals surface area contributed by atoms with Gasteiger partial charge in [-0.1, -0.05) is 48.9 Å². The minimum atomic E-state index is -0.306. The summed E-state index contributed by atoms with van der Waals surface area (Å²) in [5, 5.41) is 6.60. The number of halogens is 1. The Bertz CT molecular complexity index is 1310. The van der Waals surface area contributed by atoms with Crippen molar-refractivity contribution in [1.82, 2.24) is 10.3 Å². The van der Waals surface area contributed by atoms with E-state index in [2.05, 4.69) is 15.6 Å². The number of hydrogen-bond acceptors (Lipinski definition) is 5. The van der Waals surface area contributed by atoms with Gasteiger partial charge in [0.15, 0.2) is 11.5 Å². The Morgan fingerprint density at radius 2 is 1.83 bits per heavy atom. The van der Waals surface area contributed by atoms with E-state index < -0.39 is 0 Å². The second kappa shape index (κ2) is 11.4. The van der Waals surface area contributed by atoms with Crippen LogP contribution in [0.25, 0.3) is 10.9 Å². The lowest BCUT2D eigenvalue weighted by molar-refractivity contribution is 0.252. The highest BCUT2D eigenvalue weighted by Gasteiger charge is 2.13. The van der Waals surface area contributed by atoms with Crippen molar-refractivity contribution in [3.8, 4) is 23.0 Å². The predicted octanol–water partition coefficient (Wildman–Crippen LogP) is 6.80. The molecule has 1 aromatic heterocycles. The van der Waals surface area contributed by atoms with Crippen LogP contribution in [-0.4, -0.2) is 24.7 Å². The molecule has 4 aromatic rings. The Kier molecular flexibility index (Phi) is 7.90. The average Bonchev–Trinajstić information content (AvgIpc) is 2.88. The number of urea groups is 1. The molecular weight excluding hydrogens is 466 g/mol. The van der Waals surface area contributed by atoms with E-state index in [0.717, 1.165) is 17.4 Å². The zero-order valence-corrected chi connectivity index (χ0v) is 20.3. The minimum absolute atomic E-state index is 0.306. The fourth-order valence-electron chi connectivity index (χ4n) is 3.42. The highest BCUT2D eigenvalue weighted by atomic mass is 35.5. The summed E-state index contributed by atoms with van der Waals surface area (Å²) in [4.78, 5) is 16.4. The van der Waals surface area contributed by atoms with Gasteiger partial charge in [0.25, 0.3) is 0 Å². The van der Waals surface area contributed by atoms with Crippen LogP contribution >= 0.6 is 11.6 Å². The maximum atomic E-state index is 11.9. The molecule has 0 atom stereocenters. The molecule has 0 spiro atoms. The molecule has 0 bridgehead atoms. The fraction of sp³-hybridized carbons (Fsp3) is 0.185. The zero-order valence-electron chi connectivity index (χ0n) is 19.5. The quantitative estimate of drug-likeness (QED) is 0.269. The number of nitrogens with one attached hydrogen (secondary N) is 2. The van der Waals surface area contributed by atoms with Crippen LogP contribution in [0.5, 0.6) is 23.0 Å². The van der Waals surface area contributed by atoms with E-state index in [0.29, 0.717) is 52.4 Å². The van der Waals surface area contributed by atoms with Crippen LogP contribution in [0.3, 0.4) is 0 Å². The van der Waals surface area contributed by atoms with Crippen LogP contribution in [0, 0.1) is 0 Å². The Hall–Kier alpha value is -3.97. The SMILES string of the molecule is CCCNC(=O)Nc1ccc(Oc2ccnc3cc(OCc4ccccc4)c(OC)cc23)cc1Cl. The molecule has 0 fully saturated rings. The summed E-state index contributed by atoms with van der Waals surface area (Å²) in [5.74, 6) is 2.26. The number of nitrogens with zero attached hydrogens (tertiary/aromatic N) is 1. The van der Waals surface area contributed by atoms with E-state index in [4.69, 9.17) is 25.8 Å². The molecule has 0 unspecified atom stereocenters. The number of hydrogen-bond donors (Lipinski definition) is 2. The topological polar surface area (TPSA) is 81.7 Å². The molecule has 8 heteroatoms. The van der Waals surface area contributed by atoms with Gasteiger partial charge in [0, 0.05) is 30.3 Å². The minimum Gasteiger partial charge on any atom is -0.493 e. The van der Waals surface area contributed by atoms with Gasteiger partial charge in [-0.25, -0.2) is 4.79 Å². The summed E-state index contributed by atoms with van der Waals surface area (Å²) in [5.41, 5.74) is 2.25. The van der Waals surface area contributed by atoms with Gasteiger partial charge < -0.3 is 24.8 Å². The number of ether oxygens (including phenoxy) is 3. The molecule has 4 rings (SSSR count). The van der Waals surface area contributed by atoms with Crippen molar-refractivity contribution in [2.75, 3.05) is 19.0 Å². The maximum absolute atomic E-state index is 11.9. The number of carbonyl (C=O) groups excluding carboxylic acids is 1. The number of benzene rings is 3. The van der Waals surface area contributed by atoms with E-state index in [1.807, 2.05) is 49.4 Å². The molecule has 0 saturated heterocycles. The Labute approximate surface area is 209 Å². The van der Waals surface area contributed by atoms with E-state index in [-0.39, 0.29) is 6.03 Å². The van der Waals surface area contributed by atoms with Crippen LogP contribution in [0.4, 0.5) is 10.5 Å². The molecule has 0 aliphatic rings. The Morgan fingerprint density at radius 1 is 1.00 bits per heavy atom. The lowest BCUT2D eigenvalue weighted by atomic mass is 10.1. The van der Waals surface area contributed by atoms with Gasteiger partial charge in [-0.15, -0.1) is 0 Å². The molecular formula is C27H26ClN3O4. The molecule has 2 N–H and O–H groups in total. The molecule has 7 nitrogen and oxygen atoms in total. The van der Waals surface area contributed by atoms with Crippen LogP contribution in [0.1, 0.15) is 18.9 Å². The van der Waals surface area contributed by atoms with Crippen molar-refractivity contribution in [3.05, 3.63) is 83.5 Å². The summed E-state index contributed by atoms with van der Waals surface area (Å²) < 4.78 is 17.7. The molecule has 1 heterocycles. The predicted molar refractivity (Wildman–Crippen MR) is 138 cm³/mol. The maximum Gasteiger partial charge on any atom is 0.319 e. The van der Waals surface area contributed by atoms with Crippen LogP contribution < -0.4 is 24.8 Å². The first-order valence-electron chi connectivity index (χ1n) is 11.2. The fourth-order valence-corrected chi connectivity index (χ4v) is 3.64. The highest BCUT2D eigenvalue weighted by molar-refractivity contribution is 6.33. The smallest absolute Gasteiger partial charge is 0.319 e. The van der Waals surface area contributed by atoms with E-state index >= 15 is 0 Å². The van der Waals surface area contributed by atoms with E-state index in [9.17, 15) is 4.79 Å². The first-order chi connectivity index (χ1) is 17.1. The standard InChI is InChI=1S/C27H26ClN3O4/c1-3-12-30-27(32)31-22-10-9-19(14-21(22)28)35-24-11-13-29-23-16-26(25(33-2)15-20(23)24)34-17-18-7-5-4-6-8-18/h4-11,13-16H,3,12,17H2,1-2H3,(H2,30,31,32). The van der Waals surface area contributed by atoms with Gasteiger partial charge >= 0.3 is 6.03 Å². The third-order valence-electron chi connectivity index (χ3n) is 5.18. The third kappa shape index (κ3) is 6.13. The lowest BCUT2D eigenvalue weighted by Crippen LogP contribution is -2.29. The van der Waals surface area contributed by atoms with Crippen LogP contribution in [0.15, 0.2) is 72.9 Å². The second-order valence-corrected chi connectivity index (χ2v) is 8.14. The highest BCUT2D eigenvalue weighted by Crippen LogP contribution is 2.38. The molecule has 2 amide bonds. The van der Waals surface area contributed by atoms with Crippen molar-refractivity contribution in [2.24, 2.45) is 0 Å². The number of amides is 2. The number of rotatable bonds is 9. The largest absolute Gasteiger partial charge is 0.493 e. The van der Waals surface area contributed by atoms with Crippen LogP contribution in [-0.2, 0) is 6.61 Å². The van der Waals surface area contributed by atoms with Crippen molar-refractivity contribution < 1.29 is 19.0 Å². The van der Waals surface area contributed by atoms with Crippen molar-refractivity contribution in [3.63, 3.8) is 0 Å². The summed E-state index contributed by atoms with van der Waals surface area (Å²) in [6, 6.07) is 20.1. The van der Waals surface area contributed by atoms with Gasteiger partial charge in [0.1, 0.15) is 18.1 Å². The number of pyridine rings is 1. The molecule has 0 aliphatic carbocycles. The Balaban J connectivity index is 1.54. The van der Waals surface area contributed by atoms with Gasteiger partial charge in [0.2, 0.25) is 0 Å². The summed E-state index contributed by atoms with van der Waals surface area (Å²) in [7, 11) is 1.59. The second-order valence-electron chi connectivity index (χ2n) is 7.73. The number of carbonyl (C=O) groups is 1. The number of methoxy groups -OCH3 is 1. The molecule has 0 radical (unpaired) electrons. The Morgan fingerprint density at radius 3 is 2.57 bits per heavy atom. The summed E-state index contributed by atoms with van der Waals surface area (Å²) >= 11 is 6.37. The lowest BCUT2D eigenvalue weighted by Gasteiger charge is -2.14. The van der Waals surface area contributed by atoms with Crippen LogP contribution in [0.2, 0.25) is 5.02 Å². The zero-order chi connectivity index (χ0) is 24.6. The van der Waals surface area contributed by atoms with Crippen molar-refractivity contribution in [1.29, 1.82) is 0 Å². The van der Waals surface area contributed by atoms with Gasteiger partial charge in [-0.05, 0) is 36.2 Å². The number of aromatic nitrogens is 1. The normalized spacial score (nSPS) is 10.6. The summed E-state index contributed by atoms with van der Waals surface area (Å²) in [6.45, 7) is 2.98. The van der Waals surface area contributed by atoms with E-state index in [1.54, 1.807) is 37.6 Å². The molecule has 180 valence electrons. The third-order valence-corrected chi connectivity index (χ3v) is 5.49. The number of fused-ring (bicyclic) bond motifs is 1. The van der Waals surface area contributed by atoms with Gasteiger partial charge in [-0.2, -0.15) is 0 Å². The van der Waals surface area contributed by atoms with Gasteiger partial charge in [0.05, 0.1) is 23.3 Å². The van der Waals surface area contributed by atoms with Crippen molar-refractivity contribution >= 4 is 34.2 Å². The molecule has 0 aliphatic heterocycles. The average molecular weight is 492 g/mol.